The quantitative estimate of drug-likeness (QED) is 0.719. The molecule has 1 aliphatic rings. The van der Waals surface area contributed by atoms with E-state index in [0.717, 1.165) is 6.42 Å². The van der Waals surface area contributed by atoms with Gasteiger partial charge in [0.25, 0.3) is 0 Å². The first-order valence-corrected chi connectivity index (χ1v) is 5.74. The molecule has 0 aromatic heterocycles. The number of benzene rings is 1. The van der Waals surface area contributed by atoms with E-state index < -0.39 is 5.82 Å². The van der Waals surface area contributed by atoms with Crippen LogP contribution in [0.25, 0.3) is 0 Å². The summed E-state index contributed by atoms with van der Waals surface area (Å²) in [6.45, 7) is 1.90. The summed E-state index contributed by atoms with van der Waals surface area (Å²) < 4.78 is 27.6. The van der Waals surface area contributed by atoms with Gasteiger partial charge in [-0.3, -0.25) is 0 Å². The van der Waals surface area contributed by atoms with Gasteiger partial charge in [0, 0.05) is 11.6 Å². The molecule has 2 atom stereocenters. The summed E-state index contributed by atoms with van der Waals surface area (Å²) in [5.41, 5.74) is 6.62. The van der Waals surface area contributed by atoms with Crippen molar-refractivity contribution in [3.8, 4) is 0 Å². The molecule has 0 saturated heterocycles. The van der Waals surface area contributed by atoms with Crippen LogP contribution in [0.5, 0.6) is 0 Å². The Balaban J connectivity index is 2.71. The van der Waals surface area contributed by atoms with Gasteiger partial charge in [-0.05, 0) is 46.3 Å². The van der Waals surface area contributed by atoms with Crippen LogP contribution in [-0.2, 0) is 0 Å². The molecule has 0 bridgehead atoms. The number of hydrogen-bond acceptors (Lipinski definition) is 1. The fraction of sp³-hybridized carbons (Fsp3) is 0.455. The van der Waals surface area contributed by atoms with Gasteiger partial charge < -0.3 is 5.73 Å². The third-order valence-corrected chi connectivity index (χ3v) is 3.60. The van der Waals surface area contributed by atoms with E-state index in [4.69, 9.17) is 5.73 Å². The molecule has 0 amide bonds. The Morgan fingerprint density at radius 2 is 2.00 bits per heavy atom. The Morgan fingerprint density at radius 1 is 1.33 bits per heavy atom. The Bertz CT molecular complexity index is 406. The van der Waals surface area contributed by atoms with Crippen LogP contribution in [0.1, 0.15) is 42.9 Å². The Labute approximate surface area is 95.8 Å². The number of halogens is 3. The van der Waals surface area contributed by atoms with Gasteiger partial charge in [0.15, 0.2) is 0 Å². The van der Waals surface area contributed by atoms with Crippen LogP contribution in [-0.4, -0.2) is 0 Å². The Morgan fingerprint density at radius 3 is 2.67 bits per heavy atom. The van der Waals surface area contributed by atoms with E-state index in [1.165, 1.54) is 6.07 Å². The molecule has 1 aromatic rings. The van der Waals surface area contributed by atoms with Gasteiger partial charge in [-0.2, -0.15) is 0 Å². The minimum Gasteiger partial charge on any atom is -0.324 e. The highest BCUT2D eigenvalue weighted by atomic mass is 79.9. The predicted octanol–water partition coefficient (Wildman–Crippen LogP) is 3.62. The summed E-state index contributed by atoms with van der Waals surface area (Å²) in [6, 6.07) is 0.797. The fourth-order valence-electron chi connectivity index (χ4n) is 2.21. The first-order chi connectivity index (χ1) is 7.02. The van der Waals surface area contributed by atoms with Gasteiger partial charge in [-0.15, -0.1) is 0 Å². The molecular weight excluding hydrogens is 264 g/mol. The number of nitrogens with two attached hydrogens (primary N) is 1. The SMILES string of the molecule is CC1CCC(N)c2c(F)c(Br)cc(F)c21. The first-order valence-electron chi connectivity index (χ1n) is 4.95. The van der Waals surface area contributed by atoms with Crippen molar-refractivity contribution < 1.29 is 8.78 Å². The molecule has 0 spiro atoms. The molecule has 0 heterocycles. The summed E-state index contributed by atoms with van der Waals surface area (Å²) >= 11 is 3.00. The van der Waals surface area contributed by atoms with E-state index >= 15 is 0 Å². The topological polar surface area (TPSA) is 26.0 Å². The van der Waals surface area contributed by atoms with Crippen molar-refractivity contribution >= 4 is 15.9 Å². The second-order valence-electron chi connectivity index (χ2n) is 4.07. The maximum Gasteiger partial charge on any atom is 0.142 e. The normalized spacial score (nSPS) is 25.1. The van der Waals surface area contributed by atoms with E-state index in [9.17, 15) is 8.78 Å². The highest BCUT2D eigenvalue weighted by Gasteiger charge is 2.29. The molecule has 0 aliphatic heterocycles. The van der Waals surface area contributed by atoms with Crippen molar-refractivity contribution in [1.82, 2.24) is 0 Å². The Hall–Kier alpha value is -0.480. The largest absolute Gasteiger partial charge is 0.324 e. The highest BCUT2D eigenvalue weighted by Crippen LogP contribution is 2.40. The molecule has 0 fully saturated rings. The number of rotatable bonds is 0. The molecule has 1 aromatic carbocycles. The standard InChI is InChI=1S/C11H12BrF2N/c1-5-2-3-8(15)10-9(5)7(13)4-6(12)11(10)14/h4-5,8H,2-3,15H2,1H3. The molecule has 0 radical (unpaired) electrons. The number of hydrogen-bond donors (Lipinski definition) is 1. The molecule has 82 valence electrons. The molecule has 2 rings (SSSR count). The average Bonchev–Trinajstić information content (AvgIpc) is 2.18. The molecule has 4 heteroatoms. The predicted molar refractivity (Wildman–Crippen MR) is 58.6 cm³/mol. The van der Waals surface area contributed by atoms with Crippen LogP contribution in [0.15, 0.2) is 10.5 Å². The zero-order valence-corrected chi connectivity index (χ0v) is 9.94. The van der Waals surface area contributed by atoms with Gasteiger partial charge in [-0.1, -0.05) is 6.92 Å². The van der Waals surface area contributed by atoms with E-state index in [-0.39, 0.29) is 22.2 Å². The molecule has 2 N–H and O–H groups in total. The fourth-order valence-corrected chi connectivity index (χ4v) is 2.62. The Kier molecular flexibility index (Phi) is 2.81. The van der Waals surface area contributed by atoms with Gasteiger partial charge in [0.05, 0.1) is 4.47 Å². The molecule has 1 nitrogen and oxygen atoms in total. The van der Waals surface area contributed by atoms with Crippen molar-refractivity contribution in [2.45, 2.75) is 31.7 Å². The summed E-state index contributed by atoms with van der Waals surface area (Å²) in [4.78, 5) is 0. The summed E-state index contributed by atoms with van der Waals surface area (Å²) in [5.74, 6) is -0.728. The van der Waals surface area contributed by atoms with Gasteiger partial charge in [-0.25, -0.2) is 8.78 Å². The molecule has 0 saturated carbocycles. The summed E-state index contributed by atoms with van der Waals surface area (Å²) in [6.07, 6.45) is 1.52. The van der Waals surface area contributed by atoms with Crippen molar-refractivity contribution in [3.05, 3.63) is 33.3 Å². The lowest BCUT2D eigenvalue weighted by Crippen LogP contribution is -2.22. The second kappa shape index (κ2) is 3.83. The van der Waals surface area contributed by atoms with Crippen molar-refractivity contribution in [1.29, 1.82) is 0 Å². The van der Waals surface area contributed by atoms with E-state index in [0.29, 0.717) is 17.5 Å². The molecular formula is C11H12BrF2N. The summed E-state index contributed by atoms with van der Waals surface area (Å²) in [5, 5.41) is 0. The lowest BCUT2D eigenvalue weighted by atomic mass is 9.81. The summed E-state index contributed by atoms with van der Waals surface area (Å²) in [7, 11) is 0. The van der Waals surface area contributed by atoms with E-state index in [1.54, 1.807) is 0 Å². The minimum atomic E-state index is -0.412. The van der Waals surface area contributed by atoms with Crippen LogP contribution in [0.4, 0.5) is 8.78 Å². The third-order valence-electron chi connectivity index (χ3n) is 3.02. The lowest BCUT2D eigenvalue weighted by molar-refractivity contribution is 0.454. The van der Waals surface area contributed by atoms with Gasteiger partial charge in [0.1, 0.15) is 11.6 Å². The first kappa shape index (κ1) is 11.0. The average molecular weight is 276 g/mol. The molecule has 15 heavy (non-hydrogen) atoms. The van der Waals surface area contributed by atoms with Crippen molar-refractivity contribution in [3.63, 3.8) is 0 Å². The minimum absolute atomic E-state index is 0.0439. The maximum absolute atomic E-state index is 13.8. The zero-order chi connectivity index (χ0) is 11.2. The van der Waals surface area contributed by atoms with Crippen LogP contribution >= 0.6 is 15.9 Å². The zero-order valence-electron chi connectivity index (χ0n) is 8.36. The second-order valence-corrected chi connectivity index (χ2v) is 4.92. The van der Waals surface area contributed by atoms with Gasteiger partial charge >= 0.3 is 0 Å². The van der Waals surface area contributed by atoms with Crippen LogP contribution in [0, 0.1) is 11.6 Å². The van der Waals surface area contributed by atoms with Crippen LogP contribution < -0.4 is 5.73 Å². The smallest absolute Gasteiger partial charge is 0.142 e. The van der Waals surface area contributed by atoms with Crippen LogP contribution in [0.2, 0.25) is 0 Å². The number of fused-ring (bicyclic) bond motifs is 1. The van der Waals surface area contributed by atoms with E-state index in [2.05, 4.69) is 15.9 Å². The van der Waals surface area contributed by atoms with Gasteiger partial charge in [0.2, 0.25) is 0 Å². The lowest BCUT2D eigenvalue weighted by Gasteiger charge is -2.28. The highest BCUT2D eigenvalue weighted by molar-refractivity contribution is 9.10. The monoisotopic (exact) mass is 275 g/mol. The van der Waals surface area contributed by atoms with E-state index in [1.807, 2.05) is 6.92 Å². The molecule has 1 aliphatic carbocycles. The maximum atomic E-state index is 13.8. The van der Waals surface area contributed by atoms with Crippen molar-refractivity contribution in [2.24, 2.45) is 5.73 Å². The van der Waals surface area contributed by atoms with Crippen molar-refractivity contribution in [2.75, 3.05) is 0 Å². The van der Waals surface area contributed by atoms with Crippen LogP contribution in [0.3, 0.4) is 0 Å². The third kappa shape index (κ3) is 1.70. The molecule has 2 unspecified atom stereocenters.